The van der Waals surface area contributed by atoms with Gasteiger partial charge in [-0.2, -0.15) is 0 Å². The van der Waals surface area contributed by atoms with Gasteiger partial charge in [-0.05, 0) is 36.6 Å². The van der Waals surface area contributed by atoms with Crippen molar-refractivity contribution in [3.63, 3.8) is 0 Å². The van der Waals surface area contributed by atoms with Gasteiger partial charge in [-0.25, -0.2) is 0 Å². The third kappa shape index (κ3) is 3.98. The molecule has 0 bridgehead atoms. The highest BCUT2D eigenvalue weighted by Crippen LogP contribution is 2.19. The van der Waals surface area contributed by atoms with E-state index in [4.69, 9.17) is 0 Å². The van der Waals surface area contributed by atoms with Crippen LogP contribution < -0.4 is 10.9 Å². The average Bonchev–Trinajstić information content (AvgIpc) is 3.03. The van der Waals surface area contributed by atoms with E-state index < -0.39 is 5.91 Å². The molecule has 2 amide bonds. The molecule has 1 heterocycles. The molecule has 0 saturated carbocycles. The maximum atomic E-state index is 11.9. The summed E-state index contributed by atoms with van der Waals surface area (Å²) in [5, 5.41) is 10.8. The predicted molar refractivity (Wildman–Crippen MR) is 95.0 cm³/mol. The van der Waals surface area contributed by atoms with Gasteiger partial charge in [-0.3, -0.25) is 20.4 Å². The van der Waals surface area contributed by atoms with Gasteiger partial charge in [-0.1, -0.05) is 30.3 Å². The van der Waals surface area contributed by atoms with E-state index in [0.717, 1.165) is 17.3 Å². The molecule has 6 heteroatoms. The van der Waals surface area contributed by atoms with Crippen molar-refractivity contribution < 1.29 is 14.7 Å². The van der Waals surface area contributed by atoms with E-state index in [1.165, 1.54) is 17.7 Å². The molecule has 0 radical (unpaired) electrons. The highest BCUT2D eigenvalue weighted by Gasteiger charge is 2.11. The minimum atomic E-state index is -0.553. The first kappa shape index (κ1) is 16.6. The molecule has 3 aromatic rings. The number of hydrazine groups is 1. The van der Waals surface area contributed by atoms with E-state index in [9.17, 15) is 14.7 Å². The molecule has 0 fully saturated rings. The molecule has 25 heavy (non-hydrogen) atoms. The van der Waals surface area contributed by atoms with E-state index in [1.807, 2.05) is 30.5 Å². The van der Waals surface area contributed by atoms with Crippen LogP contribution in [0.4, 0.5) is 0 Å². The van der Waals surface area contributed by atoms with E-state index in [2.05, 4.69) is 15.8 Å². The van der Waals surface area contributed by atoms with Gasteiger partial charge >= 0.3 is 0 Å². The van der Waals surface area contributed by atoms with Crippen LogP contribution in [0.15, 0.2) is 54.7 Å². The molecule has 1 aromatic heterocycles. The summed E-state index contributed by atoms with van der Waals surface area (Å²) in [5.74, 6) is -0.958. The number of aromatic hydroxyl groups is 1. The Kier molecular flexibility index (Phi) is 4.99. The summed E-state index contributed by atoms with van der Waals surface area (Å²) in [6.07, 6.45) is 3.69. The van der Waals surface area contributed by atoms with E-state index in [-0.39, 0.29) is 17.2 Å². The first-order chi connectivity index (χ1) is 12.1. The Hall–Kier alpha value is -3.28. The van der Waals surface area contributed by atoms with Crippen molar-refractivity contribution in [2.45, 2.75) is 19.3 Å². The van der Waals surface area contributed by atoms with E-state index in [1.54, 1.807) is 12.1 Å². The lowest BCUT2D eigenvalue weighted by molar-refractivity contribution is -0.121. The van der Waals surface area contributed by atoms with Gasteiger partial charge in [0.25, 0.3) is 5.91 Å². The molecule has 0 atom stereocenters. The Morgan fingerprint density at radius 2 is 1.76 bits per heavy atom. The van der Waals surface area contributed by atoms with Crippen LogP contribution in [0.2, 0.25) is 0 Å². The van der Waals surface area contributed by atoms with Gasteiger partial charge in [-0.15, -0.1) is 0 Å². The Morgan fingerprint density at radius 1 is 1.00 bits per heavy atom. The summed E-state index contributed by atoms with van der Waals surface area (Å²) in [7, 11) is 0. The first-order valence-corrected chi connectivity index (χ1v) is 8.07. The maximum absolute atomic E-state index is 11.9. The van der Waals surface area contributed by atoms with Crippen LogP contribution in [0.1, 0.15) is 28.8 Å². The summed E-state index contributed by atoms with van der Waals surface area (Å²) in [5.41, 5.74) is 7.04. The zero-order valence-electron chi connectivity index (χ0n) is 13.6. The summed E-state index contributed by atoms with van der Waals surface area (Å²) < 4.78 is 0. The van der Waals surface area contributed by atoms with E-state index >= 15 is 0 Å². The van der Waals surface area contributed by atoms with Crippen LogP contribution >= 0.6 is 0 Å². The predicted octanol–water partition coefficient (Wildman–Crippen LogP) is 2.66. The lowest BCUT2D eigenvalue weighted by Gasteiger charge is -2.08. The highest BCUT2D eigenvalue weighted by atomic mass is 16.3. The molecule has 128 valence electrons. The largest absolute Gasteiger partial charge is 0.507 e. The summed E-state index contributed by atoms with van der Waals surface area (Å²) >= 11 is 0. The molecule has 2 aromatic carbocycles. The number of benzene rings is 2. The fraction of sp³-hybridized carbons (Fsp3) is 0.158. The van der Waals surface area contributed by atoms with Crippen molar-refractivity contribution in [3.8, 4) is 5.75 Å². The number of aromatic amines is 1. The molecule has 0 aliphatic rings. The molecule has 0 unspecified atom stereocenters. The van der Waals surface area contributed by atoms with Crippen LogP contribution in [0.5, 0.6) is 5.75 Å². The number of fused-ring (bicyclic) bond motifs is 1. The van der Waals surface area contributed by atoms with Crippen LogP contribution in [0.25, 0.3) is 10.9 Å². The van der Waals surface area contributed by atoms with Crippen LogP contribution in [0, 0.1) is 0 Å². The van der Waals surface area contributed by atoms with Gasteiger partial charge < -0.3 is 10.1 Å². The minimum Gasteiger partial charge on any atom is -0.507 e. The van der Waals surface area contributed by atoms with Gasteiger partial charge in [0, 0.05) is 23.5 Å². The quantitative estimate of drug-likeness (QED) is 0.539. The molecule has 0 spiro atoms. The molecule has 0 saturated heterocycles. The van der Waals surface area contributed by atoms with Crippen molar-refractivity contribution in [1.29, 1.82) is 0 Å². The van der Waals surface area contributed by atoms with Gasteiger partial charge in [0.2, 0.25) is 5.91 Å². The van der Waals surface area contributed by atoms with E-state index in [0.29, 0.717) is 12.8 Å². The average molecular weight is 337 g/mol. The lowest BCUT2D eigenvalue weighted by atomic mass is 10.1. The molecule has 6 nitrogen and oxygen atoms in total. The van der Waals surface area contributed by atoms with Crippen molar-refractivity contribution in [2.24, 2.45) is 0 Å². The number of carbonyl (C=O) groups is 2. The third-order valence-electron chi connectivity index (χ3n) is 3.99. The number of nitrogens with one attached hydrogen (secondary N) is 3. The summed E-state index contributed by atoms with van der Waals surface area (Å²) in [6.45, 7) is 0. The number of phenolic OH excluding ortho intramolecular Hbond substituents is 1. The van der Waals surface area contributed by atoms with Crippen molar-refractivity contribution in [2.75, 3.05) is 0 Å². The smallest absolute Gasteiger partial charge is 0.273 e. The number of rotatable bonds is 5. The first-order valence-electron chi connectivity index (χ1n) is 8.07. The topological polar surface area (TPSA) is 94.2 Å². The van der Waals surface area contributed by atoms with Crippen LogP contribution in [-0.4, -0.2) is 21.9 Å². The summed E-state index contributed by atoms with van der Waals surface area (Å²) in [6, 6.07) is 14.2. The van der Waals surface area contributed by atoms with Crippen molar-refractivity contribution in [3.05, 3.63) is 65.9 Å². The monoisotopic (exact) mass is 337 g/mol. The Morgan fingerprint density at radius 3 is 2.60 bits per heavy atom. The Bertz CT molecular complexity index is 902. The van der Waals surface area contributed by atoms with Crippen LogP contribution in [-0.2, 0) is 11.2 Å². The number of aryl methyl sites for hydroxylation is 1. The second-order valence-corrected chi connectivity index (χ2v) is 5.73. The lowest BCUT2D eigenvalue weighted by Crippen LogP contribution is -2.41. The second-order valence-electron chi connectivity index (χ2n) is 5.73. The SMILES string of the molecule is O=C(CCCc1c[nH]c2ccccc12)NNC(=O)c1ccccc1O. The van der Waals surface area contributed by atoms with Crippen molar-refractivity contribution >= 4 is 22.7 Å². The molecular formula is C19H19N3O3. The number of para-hydroxylation sites is 2. The minimum absolute atomic E-state index is 0.113. The normalized spacial score (nSPS) is 10.6. The molecule has 3 rings (SSSR count). The maximum Gasteiger partial charge on any atom is 0.273 e. The molecular weight excluding hydrogens is 318 g/mol. The zero-order chi connectivity index (χ0) is 17.6. The third-order valence-corrected chi connectivity index (χ3v) is 3.99. The number of phenols is 1. The fourth-order valence-electron chi connectivity index (χ4n) is 2.70. The zero-order valence-corrected chi connectivity index (χ0v) is 13.6. The second kappa shape index (κ2) is 7.53. The van der Waals surface area contributed by atoms with Gasteiger partial charge in [0.05, 0.1) is 5.56 Å². The Labute approximate surface area is 144 Å². The highest BCUT2D eigenvalue weighted by molar-refractivity contribution is 5.97. The van der Waals surface area contributed by atoms with Gasteiger partial charge in [0.1, 0.15) is 5.75 Å². The van der Waals surface area contributed by atoms with Gasteiger partial charge in [0.15, 0.2) is 0 Å². The number of amides is 2. The number of carbonyl (C=O) groups excluding carboxylic acids is 2. The number of hydrogen-bond acceptors (Lipinski definition) is 3. The number of hydrogen-bond donors (Lipinski definition) is 4. The number of H-pyrrole nitrogens is 1. The standard InChI is InChI=1S/C19H19N3O3/c23-17-10-4-2-8-15(17)19(25)22-21-18(24)11-5-6-13-12-20-16-9-3-1-7-14(13)16/h1-4,7-10,12,20,23H,5-6,11H2,(H,21,24)(H,22,25). The fourth-order valence-corrected chi connectivity index (χ4v) is 2.70. The molecule has 0 aliphatic carbocycles. The Balaban J connectivity index is 1.45. The number of aromatic nitrogens is 1. The molecule has 0 aliphatic heterocycles. The van der Waals surface area contributed by atoms with Crippen LogP contribution in [0.3, 0.4) is 0 Å². The molecule has 4 N–H and O–H groups in total. The van der Waals surface area contributed by atoms with Crippen molar-refractivity contribution in [1.82, 2.24) is 15.8 Å². The summed E-state index contributed by atoms with van der Waals surface area (Å²) in [4.78, 5) is 27.0.